The minimum Gasteiger partial charge on any atom is -0.493 e. The van der Waals surface area contributed by atoms with Gasteiger partial charge in [0.1, 0.15) is 0 Å². The second-order valence-corrected chi connectivity index (χ2v) is 7.69. The summed E-state index contributed by atoms with van der Waals surface area (Å²) in [5.41, 5.74) is 0.779. The van der Waals surface area contributed by atoms with E-state index in [1.165, 1.54) is 7.11 Å². The minimum absolute atomic E-state index is 0.128. The zero-order valence-electron chi connectivity index (χ0n) is 16.0. The summed E-state index contributed by atoms with van der Waals surface area (Å²) in [7, 11) is -2.54. The van der Waals surface area contributed by atoms with Gasteiger partial charge in [-0.15, -0.1) is 0 Å². The van der Waals surface area contributed by atoms with Gasteiger partial charge in [0.2, 0.25) is 15.9 Å². The quantitative estimate of drug-likeness (QED) is 0.606. The number of halogens is 2. The molecular formula is C19H22F2N2O5S. The average Bonchev–Trinajstić information content (AvgIpc) is 2.69. The number of amides is 1. The number of hydrogen-bond acceptors (Lipinski definition) is 5. The Bertz CT molecular complexity index is 967. The van der Waals surface area contributed by atoms with E-state index in [0.717, 1.165) is 17.7 Å². The summed E-state index contributed by atoms with van der Waals surface area (Å²) >= 11 is 0. The standard InChI is InChI=1S/C19H22F2N2O5S/c1-3-28-17-7-4-13(10-18(17)27-2)12-22-19(24)8-9-23-29(25,26)14-5-6-15(20)16(21)11-14/h4-7,10-11,23H,3,8-9,12H2,1-2H3,(H,22,24). The predicted octanol–water partition coefficient (Wildman–Crippen LogP) is 2.36. The van der Waals surface area contributed by atoms with Gasteiger partial charge >= 0.3 is 0 Å². The number of carbonyl (C=O) groups is 1. The van der Waals surface area contributed by atoms with Crippen molar-refractivity contribution in [1.82, 2.24) is 10.0 Å². The van der Waals surface area contributed by atoms with Gasteiger partial charge in [0.05, 0.1) is 18.6 Å². The molecule has 0 aliphatic carbocycles. The summed E-state index contributed by atoms with van der Waals surface area (Å²) < 4.78 is 63.1. The van der Waals surface area contributed by atoms with Crippen LogP contribution in [0, 0.1) is 11.6 Å². The molecule has 29 heavy (non-hydrogen) atoms. The smallest absolute Gasteiger partial charge is 0.240 e. The van der Waals surface area contributed by atoms with E-state index in [9.17, 15) is 22.0 Å². The van der Waals surface area contributed by atoms with Crippen molar-refractivity contribution in [1.29, 1.82) is 0 Å². The summed E-state index contributed by atoms with van der Waals surface area (Å²) in [6, 6.07) is 7.50. The number of rotatable bonds is 10. The van der Waals surface area contributed by atoms with E-state index in [4.69, 9.17) is 9.47 Å². The van der Waals surface area contributed by atoms with Crippen molar-refractivity contribution in [3.05, 3.63) is 53.6 Å². The fraction of sp³-hybridized carbons (Fsp3) is 0.316. The van der Waals surface area contributed by atoms with Crippen molar-refractivity contribution in [3.63, 3.8) is 0 Å². The molecule has 0 aromatic heterocycles. The molecule has 10 heteroatoms. The molecule has 1 amide bonds. The van der Waals surface area contributed by atoms with Crippen LogP contribution in [0.5, 0.6) is 11.5 Å². The molecule has 0 spiro atoms. The molecule has 0 saturated carbocycles. The van der Waals surface area contributed by atoms with E-state index < -0.39 is 26.6 Å². The van der Waals surface area contributed by atoms with Crippen LogP contribution < -0.4 is 19.5 Å². The molecule has 2 aromatic carbocycles. The fourth-order valence-corrected chi connectivity index (χ4v) is 3.46. The second-order valence-electron chi connectivity index (χ2n) is 5.92. The first-order valence-corrected chi connectivity index (χ1v) is 10.3. The van der Waals surface area contributed by atoms with Crippen molar-refractivity contribution < 1.29 is 31.5 Å². The van der Waals surface area contributed by atoms with Crippen molar-refractivity contribution in [3.8, 4) is 11.5 Å². The highest BCUT2D eigenvalue weighted by Crippen LogP contribution is 2.27. The van der Waals surface area contributed by atoms with Gasteiger partial charge in [-0.05, 0) is 42.8 Å². The number of nitrogens with one attached hydrogen (secondary N) is 2. The molecule has 158 valence electrons. The largest absolute Gasteiger partial charge is 0.493 e. The Labute approximate surface area is 168 Å². The summed E-state index contributed by atoms with van der Waals surface area (Å²) in [5.74, 6) is -1.66. The van der Waals surface area contributed by atoms with Crippen LogP contribution in [0.1, 0.15) is 18.9 Å². The highest BCUT2D eigenvalue weighted by Gasteiger charge is 2.16. The Morgan fingerprint density at radius 1 is 1.07 bits per heavy atom. The van der Waals surface area contributed by atoms with E-state index in [1.807, 2.05) is 6.92 Å². The second kappa shape index (κ2) is 10.2. The lowest BCUT2D eigenvalue weighted by Crippen LogP contribution is -2.30. The van der Waals surface area contributed by atoms with Gasteiger partial charge in [0.15, 0.2) is 23.1 Å². The van der Waals surface area contributed by atoms with Crippen molar-refractivity contribution in [2.75, 3.05) is 20.3 Å². The molecule has 0 unspecified atom stereocenters. The Morgan fingerprint density at radius 3 is 2.48 bits per heavy atom. The predicted molar refractivity (Wildman–Crippen MR) is 102 cm³/mol. The van der Waals surface area contributed by atoms with Crippen LogP contribution >= 0.6 is 0 Å². The lowest BCUT2D eigenvalue weighted by molar-refractivity contribution is -0.121. The number of sulfonamides is 1. The Balaban J connectivity index is 1.84. The maximum atomic E-state index is 13.2. The monoisotopic (exact) mass is 428 g/mol. The lowest BCUT2D eigenvalue weighted by Gasteiger charge is -2.12. The molecule has 2 aromatic rings. The third-order valence-corrected chi connectivity index (χ3v) is 5.32. The Kier molecular flexibility index (Phi) is 7.91. The number of ether oxygens (including phenoxy) is 2. The summed E-state index contributed by atoms with van der Waals surface area (Å²) in [6.45, 7) is 2.37. The SMILES string of the molecule is CCOc1ccc(CNC(=O)CCNS(=O)(=O)c2ccc(F)c(F)c2)cc1OC. The number of carbonyl (C=O) groups excluding carboxylic acids is 1. The van der Waals surface area contributed by atoms with Crippen LogP contribution in [-0.2, 0) is 21.4 Å². The number of hydrogen-bond donors (Lipinski definition) is 2. The molecule has 0 atom stereocenters. The van der Waals surface area contributed by atoms with Crippen molar-refractivity contribution in [2.24, 2.45) is 0 Å². The van der Waals surface area contributed by atoms with Gasteiger partial charge in [-0.3, -0.25) is 4.79 Å². The van der Waals surface area contributed by atoms with Gasteiger partial charge < -0.3 is 14.8 Å². The first-order valence-electron chi connectivity index (χ1n) is 8.78. The molecule has 0 bridgehead atoms. The lowest BCUT2D eigenvalue weighted by atomic mass is 10.2. The highest BCUT2D eigenvalue weighted by molar-refractivity contribution is 7.89. The summed E-state index contributed by atoms with van der Waals surface area (Å²) in [4.78, 5) is 11.5. The fourth-order valence-electron chi connectivity index (χ4n) is 2.41. The molecule has 2 N–H and O–H groups in total. The third-order valence-electron chi connectivity index (χ3n) is 3.86. The van der Waals surface area contributed by atoms with E-state index in [0.29, 0.717) is 24.2 Å². The Hall–Kier alpha value is -2.72. The Morgan fingerprint density at radius 2 is 1.83 bits per heavy atom. The van der Waals surface area contributed by atoms with E-state index in [-0.39, 0.29) is 25.4 Å². The van der Waals surface area contributed by atoms with Crippen LogP contribution in [0.2, 0.25) is 0 Å². The third kappa shape index (κ3) is 6.40. The molecule has 0 fully saturated rings. The van der Waals surface area contributed by atoms with Crippen LogP contribution in [-0.4, -0.2) is 34.6 Å². The van der Waals surface area contributed by atoms with Gasteiger partial charge in [-0.2, -0.15) is 0 Å². The zero-order chi connectivity index (χ0) is 21.4. The molecular weight excluding hydrogens is 406 g/mol. The number of benzene rings is 2. The minimum atomic E-state index is -4.05. The molecule has 2 rings (SSSR count). The average molecular weight is 428 g/mol. The van der Waals surface area contributed by atoms with E-state index >= 15 is 0 Å². The van der Waals surface area contributed by atoms with E-state index in [1.54, 1.807) is 18.2 Å². The first kappa shape index (κ1) is 22.6. The van der Waals surface area contributed by atoms with Crippen LogP contribution in [0.25, 0.3) is 0 Å². The maximum absolute atomic E-state index is 13.2. The zero-order valence-corrected chi connectivity index (χ0v) is 16.8. The van der Waals surface area contributed by atoms with Crippen LogP contribution in [0.15, 0.2) is 41.3 Å². The molecule has 0 radical (unpaired) electrons. The molecule has 0 heterocycles. The van der Waals surface area contributed by atoms with Crippen molar-refractivity contribution >= 4 is 15.9 Å². The summed E-state index contributed by atoms with van der Waals surface area (Å²) in [5, 5.41) is 2.66. The van der Waals surface area contributed by atoms with Crippen molar-refractivity contribution in [2.45, 2.75) is 24.8 Å². The normalized spacial score (nSPS) is 11.2. The molecule has 0 aliphatic rings. The number of methoxy groups -OCH3 is 1. The highest BCUT2D eigenvalue weighted by atomic mass is 32.2. The van der Waals surface area contributed by atoms with Crippen LogP contribution in [0.4, 0.5) is 8.78 Å². The van der Waals surface area contributed by atoms with E-state index in [2.05, 4.69) is 10.0 Å². The molecule has 0 aliphatic heterocycles. The first-order chi connectivity index (χ1) is 13.8. The molecule has 0 saturated heterocycles. The van der Waals surface area contributed by atoms with Gasteiger partial charge in [-0.25, -0.2) is 21.9 Å². The topological polar surface area (TPSA) is 93.7 Å². The van der Waals surface area contributed by atoms with Gasteiger partial charge in [0, 0.05) is 19.5 Å². The van der Waals surface area contributed by atoms with Crippen LogP contribution in [0.3, 0.4) is 0 Å². The maximum Gasteiger partial charge on any atom is 0.240 e. The van der Waals surface area contributed by atoms with Gasteiger partial charge in [-0.1, -0.05) is 6.07 Å². The van der Waals surface area contributed by atoms with Gasteiger partial charge in [0.25, 0.3) is 0 Å². The summed E-state index contributed by atoms with van der Waals surface area (Å²) in [6.07, 6.45) is -0.128. The molecule has 7 nitrogen and oxygen atoms in total.